The Morgan fingerprint density at radius 3 is 2.28 bits per heavy atom. The van der Waals surface area contributed by atoms with E-state index in [-0.39, 0.29) is 16.8 Å². The molecule has 3 nitrogen and oxygen atoms in total. The molecule has 1 aromatic carbocycles. The number of anilines is 1. The van der Waals surface area contributed by atoms with Crippen LogP contribution in [0.4, 0.5) is 14.5 Å². The quantitative estimate of drug-likeness (QED) is 0.773. The Balaban J connectivity index is 3.00. The van der Waals surface area contributed by atoms with Crippen molar-refractivity contribution in [1.82, 2.24) is 0 Å². The van der Waals surface area contributed by atoms with Crippen LogP contribution in [0, 0.1) is 0 Å². The van der Waals surface area contributed by atoms with Crippen LogP contribution in [0.1, 0.15) is 0 Å². The van der Waals surface area contributed by atoms with Crippen molar-refractivity contribution in [2.75, 3.05) is 16.8 Å². The number of benzene rings is 1. The molecule has 0 saturated heterocycles. The fraction of sp³-hybridized carbons (Fsp3) is 0.273. The van der Waals surface area contributed by atoms with Gasteiger partial charge in [0.1, 0.15) is 0 Å². The maximum atomic E-state index is 12.5. The van der Waals surface area contributed by atoms with Crippen molar-refractivity contribution in [3.8, 4) is 0 Å². The fourth-order valence-electron chi connectivity index (χ4n) is 1.25. The number of rotatable bonds is 5. The molecular formula is C11H9BrClF2NO2. The van der Waals surface area contributed by atoms with E-state index >= 15 is 0 Å². The summed E-state index contributed by atoms with van der Waals surface area (Å²) in [5.74, 6) is -1.79. The molecule has 0 atom stereocenters. The Morgan fingerprint density at radius 1 is 1.28 bits per heavy atom. The third-order valence-electron chi connectivity index (χ3n) is 2.07. The van der Waals surface area contributed by atoms with Crippen molar-refractivity contribution in [2.45, 2.75) is 6.43 Å². The molecule has 0 saturated carbocycles. The number of ketones is 1. The number of halogens is 4. The van der Waals surface area contributed by atoms with Crippen LogP contribution < -0.4 is 4.90 Å². The van der Waals surface area contributed by atoms with Gasteiger partial charge in [-0.1, -0.05) is 27.5 Å². The Bertz CT molecular complexity index is 439. The molecule has 0 aliphatic carbocycles. The Kier molecular flexibility index (Phi) is 5.68. The molecule has 7 heteroatoms. The molecule has 18 heavy (non-hydrogen) atoms. The SMILES string of the molecule is O=C(CBr)CN(C(=O)C(F)F)c1ccc(Cl)cc1. The predicted molar refractivity (Wildman–Crippen MR) is 68.6 cm³/mol. The molecule has 0 heterocycles. The average molecular weight is 341 g/mol. The number of hydrogen-bond donors (Lipinski definition) is 0. The van der Waals surface area contributed by atoms with E-state index in [9.17, 15) is 18.4 Å². The molecule has 0 bridgehead atoms. The molecule has 0 N–H and O–H groups in total. The zero-order valence-corrected chi connectivity index (χ0v) is 11.4. The fourth-order valence-corrected chi connectivity index (χ4v) is 1.56. The van der Waals surface area contributed by atoms with Crippen molar-refractivity contribution in [3.05, 3.63) is 29.3 Å². The van der Waals surface area contributed by atoms with Crippen LogP contribution in [0.25, 0.3) is 0 Å². The highest BCUT2D eigenvalue weighted by Crippen LogP contribution is 2.19. The van der Waals surface area contributed by atoms with Crippen LogP contribution in [0.5, 0.6) is 0 Å². The van der Waals surface area contributed by atoms with Crippen molar-refractivity contribution >= 4 is 44.9 Å². The molecule has 0 unspecified atom stereocenters. The summed E-state index contributed by atoms with van der Waals surface area (Å²) >= 11 is 8.58. The summed E-state index contributed by atoms with van der Waals surface area (Å²) in [6.07, 6.45) is -3.16. The van der Waals surface area contributed by atoms with Gasteiger partial charge in [-0.3, -0.25) is 9.59 Å². The Hall–Kier alpha value is -1.01. The minimum absolute atomic E-state index is 0.00634. The van der Waals surface area contributed by atoms with E-state index in [1.54, 1.807) is 0 Å². The first-order chi connectivity index (χ1) is 8.45. The van der Waals surface area contributed by atoms with Gasteiger partial charge in [0.2, 0.25) is 0 Å². The largest absolute Gasteiger partial charge is 0.316 e. The van der Waals surface area contributed by atoms with Gasteiger partial charge >= 0.3 is 6.43 Å². The zero-order chi connectivity index (χ0) is 13.7. The topological polar surface area (TPSA) is 37.4 Å². The predicted octanol–water partition coefficient (Wildman–Crippen LogP) is 2.90. The van der Waals surface area contributed by atoms with Gasteiger partial charge in [0.25, 0.3) is 5.91 Å². The van der Waals surface area contributed by atoms with Gasteiger partial charge in [-0.25, -0.2) is 0 Å². The van der Waals surface area contributed by atoms with Crippen LogP contribution in [-0.2, 0) is 9.59 Å². The summed E-state index contributed by atoms with van der Waals surface area (Å²) in [5.41, 5.74) is 0.207. The number of hydrogen-bond acceptors (Lipinski definition) is 2. The lowest BCUT2D eigenvalue weighted by molar-refractivity contribution is -0.130. The molecule has 1 rings (SSSR count). The first-order valence-electron chi connectivity index (χ1n) is 4.88. The highest BCUT2D eigenvalue weighted by atomic mass is 79.9. The second-order valence-corrected chi connectivity index (χ2v) is 4.37. The number of amides is 1. The Labute approximate surface area is 116 Å². The van der Waals surface area contributed by atoms with E-state index < -0.39 is 18.9 Å². The average Bonchev–Trinajstić information content (AvgIpc) is 2.36. The maximum absolute atomic E-state index is 12.5. The van der Waals surface area contributed by atoms with Gasteiger partial charge in [-0.05, 0) is 24.3 Å². The van der Waals surface area contributed by atoms with E-state index in [4.69, 9.17) is 11.6 Å². The molecule has 1 amide bonds. The number of Topliss-reactive ketones (excluding diaryl/α,β-unsaturated/α-hetero) is 1. The van der Waals surface area contributed by atoms with E-state index in [1.165, 1.54) is 24.3 Å². The highest BCUT2D eigenvalue weighted by Gasteiger charge is 2.26. The highest BCUT2D eigenvalue weighted by molar-refractivity contribution is 9.09. The molecule has 0 aromatic heterocycles. The lowest BCUT2D eigenvalue weighted by Gasteiger charge is -2.21. The lowest BCUT2D eigenvalue weighted by atomic mass is 10.2. The van der Waals surface area contributed by atoms with Crippen LogP contribution >= 0.6 is 27.5 Å². The molecule has 98 valence electrons. The summed E-state index contributed by atoms with van der Waals surface area (Å²) in [6.45, 7) is -0.407. The lowest BCUT2D eigenvalue weighted by Crippen LogP contribution is -2.39. The van der Waals surface area contributed by atoms with Crippen LogP contribution in [-0.4, -0.2) is 30.0 Å². The van der Waals surface area contributed by atoms with Crippen molar-refractivity contribution in [3.63, 3.8) is 0 Å². The molecule has 1 aromatic rings. The van der Waals surface area contributed by atoms with Gasteiger partial charge in [0.05, 0.1) is 11.9 Å². The minimum Gasteiger partial charge on any atom is -0.300 e. The summed E-state index contributed by atoms with van der Waals surface area (Å²) in [7, 11) is 0. The standard InChI is InChI=1S/C11H9BrClF2NO2/c12-5-9(17)6-16(11(18)10(14)15)8-3-1-7(13)2-4-8/h1-4,10H,5-6H2. The number of alkyl halides is 3. The first kappa shape index (κ1) is 15.0. The van der Waals surface area contributed by atoms with Crippen LogP contribution in [0.3, 0.4) is 0 Å². The molecule has 0 fully saturated rings. The molecule has 0 aliphatic rings. The zero-order valence-electron chi connectivity index (χ0n) is 9.08. The second kappa shape index (κ2) is 6.80. The van der Waals surface area contributed by atoms with Crippen LogP contribution in [0.2, 0.25) is 5.02 Å². The van der Waals surface area contributed by atoms with Gasteiger partial charge in [0, 0.05) is 10.7 Å². The van der Waals surface area contributed by atoms with Crippen LogP contribution in [0.15, 0.2) is 24.3 Å². The Morgan fingerprint density at radius 2 is 1.83 bits per heavy atom. The van der Waals surface area contributed by atoms with Crippen molar-refractivity contribution in [1.29, 1.82) is 0 Å². The first-order valence-corrected chi connectivity index (χ1v) is 6.38. The van der Waals surface area contributed by atoms with Gasteiger partial charge < -0.3 is 4.90 Å². The van der Waals surface area contributed by atoms with E-state index in [1.807, 2.05) is 0 Å². The van der Waals surface area contributed by atoms with Crippen molar-refractivity contribution in [2.24, 2.45) is 0 Å². The number of carbonyl (C=O) groups is 2. The molecule has 0 radical (unpaired) electrons. The van der Waals surface area contributed by atoms with E-state index in [2.05, 4.69) is 15.9 Å². The third kappa shape index (κ3) is 4.03. The second-order valence-electron chi connectivity index (χ2n) is 3.37. The molecule has 0 aliphatic heterocycles. The van der Waals surface area contributed by atoms with E-state index in [0.29, 0.717) is 5.02 Å². The minimum atomic E-state index is -3.16. The van der Waals surface area contributed by atoms with Crippen molar-refractivity contribution < 1.29 is 18.4 Å². The van der Waals surface area contributed by atoms with E-state index in [0.717, 1.165) is 4.90 Å². The van der Waals surface area contributed by atoms with Gasteiger partial charge in [0.15, 0.2) is 5.78 Å². The third-order valence-corrected chi connectivity index (χ3v) is 2.95. The summed E-state index contributed by atoms with van der Waals surface area (Å²) in [4.78, 5) is 23.4. The summed E-state index contributed by atoms with van der Waals surface area (Å²) in [5, 5.41) is 0.406. The molecule has 0 spiro atoms. The number of carbonyl (C=O) groups excluding carboxylic acids is 2. The maximum Gasteiger partial charge on any atom is 0.316 e. The van der Waals surface area contributed by atoms with Gasteiger partial charge in [-0.2, -0.15) is 8.78 Å². The monoisotopic (exact) mass is 339 g/mol. The van der Waals surface area contributed by atoms with Gasteiger partial charge in [-0.15, -0.1) is 0 Å². The summed E-state index contributed by atoms with van der Waals surface area (Å²) in [6, 6.07) is 5.73. The molecular weight excluding hydrogens is 331 g/mol. The smallest absolute Gasteiger partial charge is 0.300 e. The summed E-state index contributed by atoms with van der Waals surface area (Å²) < 4.78 is 24.9. The number of nitrogens with zero attached hydrogens (tertiary/aromatic N) is 1. The normalized spacial score (nSPS) is 10.5.